The molecule has 0 aliphatic heterocycles. The number of rotatable bonds is 5. The smallest absolute Gasteiger partial charge is 0.240 e. The Balaban J connectivity index is 2.14. The van der Waals surface area contributed by atoms with Crippen molar-refractivity contribution >= 4 is 11.8 Å². The third-order valence-corrected chi connectivity index (χ3v) is 2.71. The molecule has 0 aromatic heterocycles. The molecule has 0 saturated heterocycles. The average Bonchev–Trinajstić information content (AvgIpc) is 2.14. The van der Waals surface area contributed by atoms with Crippen LogP contribution in [-0.2, 0) is 9.59 Å². The van der Waals surface area contributed by atoms with Crippen LogP contribution in [0.4, 0.5) is 0 Å². The molecule has 86 valence electrons. The summed E-state index contributed by atoms with van der Waals surface area (Å²) in [6.45, 7) is 2.84. The number of nitrogens with one attached hydrogen (secondary N) is 2. The molecule has 1 aliphatic rings. The maximum atomic E-state index is 11.5. The van der Waals surface area contributed by atoms with Gasteiger partial charge in [0.1, 0.15) is 0 Å². The summed E-state index contributed by atoms with van der Waals surface area (Å²) in [5.74, 6) is -0.171. The third kappa shape index (κ3) is 3.20. The van der Waals surface area contributed by atoms with E-state index in [-0.39, 0.29) is 11.8 Å². The van der Waals surface area contributed by atoms with Gasteiger partial charge in [-0.2, -0.15) is 0 Å². The van der Waals surface area contributed by atoms with Crippen LogP contribution in [0.5, 0.6) is 0 Å². The fourth-order valence-electron chi connectivity index (χ4n) is 1.54. The number of hydrogen-bond acceptors (Lipinski definition) is 3. The van der Waals surface area contributed by atoms with Gasteiger partial charge in [0.25, 0.3) is 0 Å². The zero-order valence-electron chi connectivity index (χ0n) is 9.14. The van der Waals surface area contributed by atoms with Crippen LogP contribution >= 0.6 is 0 Å². The van der Waals surface area contributed by atoms with Crippen molar-refractivity contribution in [3.8, 4) is 0 Å². The van der Waals surface area contributed by atoms with Crippen molar-refractivity contribution in [2.75, 3.05) is 13.1 Å². The van der Waals surface area contributed by atoms with Crippen molar-refractivity contribution in [1.29, 1.82) is 0 Å². The minimum atomic E-state index is -0.665. The Morgan fingerprint density at radius 2 is 2.00 bits per heavy atom. The van der Waals surface area contributed by atoms with Crippen LogP contribution in [0, 0.1) is 0 Å². The van der Waals surface area contributed by atoms with Gasteiger partial charge in [-0.1, -0.05) is 0 Å². The highest BCUT2D eigenvalue weighted by Crippen LogP contribution is 2.28. The van der Waals surface area contributed by atoms with Crippen LogP contribution in [0.25, 0.3) is 0 Å². The predicted octanol–water partition coefficient (Wildman–Crippen LogP) is -0.490. The maximum Gasteiger partial charge on any atom is 0.240 e. The quantitative estimate of drug-likeness (QED) is 0.576. The van der Waals surface area contributed by atoms with Gasteiger partial charge < -0.3 is 16.4 Å². The molecule has 2 amide bonds. The second kappa shape index (κ2) is 5.11. The summed E-state index contributed by atoms with van der Waals surface area (Å²) in [6.07, 6.45) is 2.83. The molecule has 0 bridgehead atoms. The minimum absolute atomic E-state index is 0.0440. The lowest BCUT2D eigenvalue weighted by molar-refractivity contribution is -0.129. The highest BCUT2D eigenvalue weighted by molar-refractivity contribution is 5.87. The van der Waals surface area contributed by atoms with Crippen LogP contribution in [0.15, 0.2) is 0 Å². The largest absolute Gasteiger partial charge is 0.356 e. The zero-order chi connectivity index (χ0) is 11.3. The molecule has 0 spiro atoms. The Labute approximate surface area is 89.8 Å². The van der Waals surface area contributed by atoms with E-state index < -0.39 is 5.54 Å². The van der Waals surface area contributed by atoms with Crippen molar-refractivity contribution in [2.45, 2.75) is 38.1 Å². The lowest BCUT2D eigenvalue weighted by Crippen LogP contribution is -2.58. The van der Waals surface area contributed by atoms with Crippen molar-refractivity contribution in [3.05, 3.63) is 0 Å². The highest BCUT2D eigenvalue weighted by atomic mass is 16.2. The number of amides is 2. The Morgan fingerprint density at radius 3 is 2.47 bits per heavy atom. The SMILES string of the molecule is CCNC(=O)CCNC(=O)C1(N)CCC1. The molecule has 4 N–H and O–H groups in total. The molecule has 1 saturated carbocycles. The van der Waals surface area contributed by atoms with Crippen LogP contribution < -0.4 is 16.4 Å². The monoisotopic (exact) mass is 213 g/mol. The average molecular weight is 213 g/mol. The molecule has 1 fully saturated rings. The lowest BCUT2D eigenvalue weighted by atomic mass is 9.77. The van der Waals surface area contributed by atoms with E-state index in [0.717, 1.165) is 19.3 Å². The van der Waals surface area contributed by atoms with Crippen LogP contribution in [0.3, 0.4) is 0 Å². The first-order chi connectivity index (χ1) is 7.08. The lowest BCUT2D eigenvalue weighted by Gasteiger charge is -2.36. The van der Waals surface area contributed by atoms with E-state index in [1.165, 1.54) is 0 Å². The molecule has 1 rings (SSSR count). The molecule has 1 aliphatic carbocycles. The topological polar surface area (TPSA) is 84.2 Å². The summed E-state index contributed by atoms with van der Waals surface area (Å²) in [7, 11) is 0. The summed E-state index contributed by atoms with van der Waals surface area (Å²) in [5, 5.41) is 5.35. The number of carbonyl (C=O) groups excluding carboxylic acids is 2. The van der Waals surface area contributed by atoms with Crippen molar-refractivity contribution in [2.24, 2.45) is 5.73 Å². The first-order valence-corrected chi connectivity index (χ1v) is 5.42. The summed E-state index contributed by atoms with van der Waals surface area (Å²) >= 11 is 0. The molecule has 0 aromatic rings. The van der Waals surface area contributed by atoms with Crippen molar-refractivity contribution in [3.63, 3.8) is 0 Å². The van der Waals surface area contributed by atoms with E-state index in [9.17, 15) is 9.59 Å². The Morgan fingerprint density at radius 1 is 1.33 bits per heavy atom. The predicted molar refractivity (Wildman–Crippen MR) is 57.1 cm³/mol. The van der Waals surface area contributed by atoms with Gasteiger partial charge in [0, 0.05) is 19.5 Å². The highest BCUT2D eigenvalue weighted by Gasteiger charge is 2.39. The van der Waals surface area contributed by atoms with Gasteiger partial charge in [0.15, 0.2) is 0 Å². The zero-order valence-corrected chi connectivity index (χ0v) is 9.14. The minimum Gasteiger partial charge on any atom is -0.356 e. The van der Waals surface area contributed by atoms with Crippen LogP contribution in [0.1, 0.15) is 32.6 Å². The second-order valence-corrected chi connectivity index (χ2v) is 3.97. The van der Waals surface area contributed by atoms with E-state index in [4.69, 9.17) is 5.73 Å². The molecular weight excluding hydrogens is 194 g/mol. The third-order valence-electron chi connectivity index (χ3n) is 2.71. The molecule has 0 unspecified atom stereocenters. The summed E-state index contributed by atoms with van der Waals surface area (Å²) in [5.41, 5.74) is 5.14. The second-order valence-electron chi connectivity index (χ2n) is 3.97. The molecule has 0 aromatic carbocycles. The van der Waals surface area contributed by atoms with Crippen molar-refractivity contribution in [1.82, 2.24) is 10.6 Å². The number of carbonyl (C=O) groups is 2. The van der Waals surface area contributed by atoms with E-state index in [2.05, 4.69) is 10.6 Å². The van der Waals surface area contributed by atoms with Gasteiger partial charge >= 0.3 is 0 Å². The van der Waals surface area contributed by atoms with Gasteiger partial charge in [0.05, 0.1) is 5.54 Å². The van der Waals surface area contributed by atoms with E-state index in [1.54, 1.807) is 0 Å². The molecule has 5 heteroatoms. The van der Waals surface area contributed by atoms with E-state index >= 15 is 0 Å². The van der Waals surface area contributed by atoms with Gasteiger partial charge in [-0.3, -0.25) is 9.59 Å². The number of nitrogens with two attached hydrogens (primary N) is 1. The van der Waals surface area contributed by atoms with Crippen LogP contribution in [0.2, 0.25) is 0 Å². The van der Waals surface area contributed by atoms with Crippen LogP contribution in [-0.4, -0.2) is 30.4 Å². The summed E-state index contributed by atoms with van der Waals surface area (Å²) in [6, 6.07) is 0. The van der Waals surface area contributed by atoms with Gasteiger partial charge in [0.2, 0.25) is 11.8 Å². The van der Waals surface area contributed by atoms with Gasteiger partial charge in [-0.05, 0) is 26.2 Å². The Hall–Kier alpha value is -1.10. The summed E-state index contributed by atoms with van der Waals surface area (Å²) in [4.78, 5) is 22.6. The fraction of sp³-hybridized carbons (Fsp3) is 0.800. The molecule has 0 atom stereocenters. The Bertz CT molecular complexity index is 249. The Kier molecular flexibility index (Phi) is 4.08. The molecule has 15 heavy (non-hydrogen) atoms. The normalized spacial score (nSPS) is 17.7. The van der Waals surface area contributed by atoms with Crippen molar-refractivity contribution < 1.29 is 9.59 Å². The number of hydrogen-bond donors (Lipinski definition) is 3. The first-order valence-electron chi connectivity index (χ1n) is 5.42. The standard InChI is InChI=1S/C10H19N3O2/c1-2-12-8(14)4-7-13-9(15)10(11)5-3-6-10/h2-7,11H2,1H3,(H,12,14)(H,13,15). The molecular formula is C10H19N3O2. The van der Waals surface area contributed by atoms with E-state index in [0.29, 0.717) is 19.5 Å². The molecule has 5 nitrogen and oxygen atoms in total. The van der Waals surface area contributed by atoms with Gasteiger partial charge in [-0.15, -0.1) is 0 Å². The van der Waals surface area contributed by atoms with Gasteiger partial charge in [-0.25, -0.2) is 0 Å². The first kappa shape index (κ1) is 12.0. The fourth-order valence-corrected chi connectivity index (χ4v) is 1.54. The van der Waals surface area contributed by atoms with E-state index in [1.807, 2.05) is 6.92 Å². The molecule has 0 radical (unpaired) electrons. The molecule has 0 heterocycles. The summed E-state index contributed by atoms with van der Waals surface area (Å²) < 4.78 is 0. The maximum absolute atomic E-state index is 11.5.